The number of carbonyl (C=O) groups is 1. The van der Waals surface area contributed by atoms with Gasteiger partial charge in [-0.05, 0) is 51.4 Å². The van der Waals surface area contributed by atoms with Gasteiger partial charge in [-0.25, -0.2) is 0 Å². The monoisotopic (exact) mass is 276 g/mol. The van der Waals surface area contributed by atoms with Crippen molar-refractivity contribution in [2.45, 2.75) is 33.2 Å². The maximum atomic E-state index is 12.3. The van der Waals surface area contributed by atoms with Gasteiger partial charge in [0.2, 0.25) is 5.91 Å². The van der Waals surface area contributed by atoms with Gasteiger partial charge in [-0.15, -0.1) is 0 Å². The van der Waals surface area contributed by atoms with Gasteiger partial charge in [-0.2, -0.15) is 0 Å². The van der Waals surface area contributed by atoms with Crippen LogP contribution in [-0.2, 0) is 4.79 Å². The highest BCUT2D eigenvalue weighted by Crippen LogP contribution is 2.26. The third kappa shape index (κ3) is 3.31. The van der Waals surface area contributed by atoms with Crippen molar-refractivity contribution in [1.82, 2.24) is 10.6 Å². The number of rotatable bonds is 5. The van der Waals surface area contributed by atoms with E-state index in [2.05, 4.69) is 10.6 Å². The summed E-state index contributed by atoms with van der Waals surface area (Å²) in [7, 11) is 0. The molecule has 20 heavy (non-hydrogen) atoms. The molecule has 1 saturated heterocycles. The van der Waals surface area contributed by atoms with Gasteiger partial charge in [0.15, 0.2) is 0 Å². The van der Waals surface area contributed by atoms with Crippen LogP contribution in [0.15, 0.2) is 24.3 Å². The first-order chi connectivity index (χ1) is 9.55. The Morgan fingerprint density at radius 1 is 1.45 bits per heavy atom. The van der Waals surface area contributed by atoms with Gasteiger partial charge in [-0.1, -0.05) is 12.1 Å². The maximum Gasteiger partial charge on any atom is 0.227 e. The van der Waals surface area contributed by atoms with Gasteiger partial charge in [0.1, 0.15) is 5.75 Å². The minimum atomic E-state index is -0.278. The maximum absolute atomic E-state index is 12.3. The van der Waals surface area contributed by atoms with Crippen LogP contribution in [0.3, 0.4) is 0 Å². The molecule has 0 saturated carbocycles. The molecule has 1 aromatic rings. The zero-order chi connectivity index (χ0) is 14.6. The molecule has 0 bridgehead atoms. The molecule has 2 atom stereocenters. The number of nitrogens with one attached hydrogen (secondary N) is 2. The number of ether oxygens (including phenoxy) is 1. The topological polar surface area (TPSA) is 50.4 Å². The molecule has 1 amide bonds. The van der Waals surface area contributed by atoms with Crippen molar-refractivity contribution in [3.63, 3.8) is 0 Å². The first kappa shape index (κ1) is 14.9. The Bertz CT molecular complexity index is 450. The van der Waals surface area contributed by atoms with Crippen LogP contribution < -0.4 is 15.4 Å². The van der Waals surface area contributed by atoms with Crippen molar-refractivity contribution in [2.24, 2.45) is 5.41 Å². The van der Waals surface area contributed by atoms with Gasteiger partial charge >= 0.3 is 0 Å². The number of hydrogen-bond donors (Lipinski definition) is 2. The molecule has 2 unspecified atom stereocenters. The largest absolute Gasteiger partial charge is 0.494 e. The number of benzene rings is 1. The van der Waals surface area contributed by atoms with Crippen molar-refractivity contribution in [2.75, 3.05) is 19.7 Å². The summed E-state index contributed by atoms with van der Waals surface area (Å²) in [6, 6.07) is 7.91. The Kier molecular flexibility index (Phi) is 4.65. The summed E-state index contributed by atoms with van der Waals surface area (Å²) in [5.41, 5.74) is 0.816. The molecule has 0 spiro atoms. The van der Waals surface area contributed by atoms with Gasteiger partial charge in [0, 0.05) is 6.54 Å². The highest BCUT2D eigenvalue weighted by atomic mass is 16.5. The lowest BCUT2D eigenvalue weighted by Gasteiger charge is -2.24. The first-order valence-electron chi connectivity index (χ1n) is 7.29. The average molecular weight is 276 g/mol. The Morgan fingerprint density at radius 3 is 2.70 bits per heavy atom. The molecule has 2 N–H and O–H groups in total. The summed E-state index contributed by atoms with van der Waals surface area (Å²) in [5.74, 6) is 0.991. The third-order valence-electron chi connectivity index (χ3n) is 3.96. The minimum absolute atomic E-state index is 0.00982. The van der Waals surface area contributed by atoms with Crippen LogP contribution in [0.4, 0.5) is 0 Å². The van der Waals surface area contributed by atoms with E-state index < -0.39 is 0 Å². The molecule has 0 aromatic heterocycles. The highest BCUT2D eigenvalue weighted by Gasteiger charge is 2.36. The van der Waals surface area contributed by atoms with E-state index in [4.69, 9.17) is 4.74 Å². The van der Waals surface area contributed by atoms with Crippen LogP contribution in [0.1, 0.15) is 38.8 Å². The summed E-state index contributed by atoms with van der Waals surface area (Å²) < 4.78 is 5.42. The van der Waals surface area contributed by atoms with Crippen molar-refractivity contribution in [1.29, 1.82) is 0 Å². The Hall–Kier alpha value is -1.55. The second-order valence-corrected chi connectivity index (χ2v) is 5.68. The zero-order valence-corrected chi connectivity index (χ0v) is 12.5. The van der Waals surface area contributed by atoms with Gasteiger partial charge in [0.25, 0.3) is 0 Å². The van der Waals surface area contributed by atoms with E-state index in [1.165, 1.54) is 0 Å². The summed E-state index contributed by atoms with van der Waals surface area (Å²) in [6.07, 6.45) is 0.898. The van der Waals surface area contributed by atoms with E-state index in [0.717, 1.165) is 30.8 Å². The van der Waals surface area contributed by atoms with Crippen LogP contribution in [0, 0.1) is 5.41 Å². The molecular formula is C16H24N2O2. The summed E-state index contributed by atoms with van der Waals surface area (Å²) in [6.45, 7) is 8.34. The Balaban J connectivity index is 1.97. The van der Waals surface area contributed by atoms with E-state index in [0.29, 0.717) is 6.61 Å². The predicted molar refractivity (Wildman–Crippen MR) is 79.8 cm³/mol. The van der Waals surface area contributed by atoms with Crippen LogP contribution in [0.5, 0.6) is 5.75 Å². The van der Waals surface area contributed by atoms with E-state index >= 15 is 0 Å². The predicted octanol–water partition coefficient (Wildman–Crippen LogP) is 2.26. The normalized spacial score (nSPS) is 23.4. The Morgan fingerprint density at radius 2 is 2.15 bits per heavy atom. The SMILES string of the molecule is CCOc1ccc(C(C)NC(=O)C2(C)CCNC2)cc1. The lowest BCUT2D eigenvalue weighted by atomic mass is 9.88. The van der Waals surface area contributed by atoms with Crippen molar-refractivity contribution in [3.8, 4) is 5.75 Å². The summed E-state index contributed by atoms with van der Waals surface area (Å²) >= 11 is 0. The standard InChI is InChI=1S/C16H24N2O2/c1-4-20-14-7-5-13(6-8-14)12(2)18-15(19)16(3)9-10-17-11-16/h5-8,12,17H,4,9-11H2,1-3H3,(H,18,19). The zero-order valence-electron chi connectivity index (χ0n) is 12.5. The van der Waals surface area contributed by atoms with Crippen molar-refractivity contribution >= 4 is 5.91 Å². The fourth-order valence-corrected chi connectivity index (χ4v) is 2.48. The molecular weight excluding hydrogens is 252 g/mol. The fourth-order valence-electron chi connectivity index (χ4n) is 2.48. The molecule has 0 aliphatic carbocycles. The van der Waals surface area contributed by atoms with Crippen LogP contribution in [0.25, 0.3) is 0 Å². The highest BCUT2D eigenvalue weighted by molar-refractivity contribution is 5.83. The minimum Gasteiger partial charge on any atom is -0.494 e. The van der Waals surface area contributed by atoms with Gasteiger partial charge in [-0.3, -0.25) is 4.79 Å². The van der Waals surface area contributed by atoms with Gasteiger partial charge in [0.05, 0.1) is 18.1 Å². The number of carbonyl (C=O) groups excluding carboxylic acids is 1. The molecule has 1 aliphatic heterocycles. The fraction of sp³-hybridized carbons (Fsp3) is 0.562. The van der Waals surface area contributed by atoms with Gasteiger partial charge < -0.3 is 15.4 Å². The molecule has 1 fully saturated rings. The van der Waals surface area contributed by atoms with Crippen LogP contribution in [-0.4, -0.2) is 25.6 Å². The number of hydrogen-bond acceptors (Lipinski definition) is 3. The second-order valence-electron chi connectivity index (χ2n) is 5.68. The van der Waals surface area contributed by atoms with Crippen LogP contribution in [0.2, 0.25) is 0 Å². The average Bonchev–Trinajstić information content (AvgIpc) is 2.88. The molecule has 4 heteroatoms. The molecule has 1 heterocycles. The molecule has 4 nitrogen and oxygen atoms in total. The molecule has 1 aliphatic rings. The van der Waals surface area contributed by atoms with E-state index in [9.17, 15) is 4.79 Å². The summed E-state index contributed by atoms with van der Waals surface area (Å²) in [5, 5.41) is 6.36. The van der Waals surface area contributed by atoms with Crippen molar-refractivity contribution in [3.05, 3.63) is 29.8 Å². The smallest absolute Gasteiger partial charge is 0.227 e. The van der Waals surface area contributed by atoms with Crippen LogP contribution >= 0.6 is 0 Å². The molecule has 110 valence electrons. The van der Waals surface area contributed by atoms with E-state index in [1.807, 2.05) is 45.0 Å². The molecule has 2 rings (SSSR count). The van der Waals surface area contributed by atoms with Crippen molar-refractivity contribution < 1.29 is 9.53 Å². The lowest BCUT2D eigenvalue weighted by molar-refractivity contribution is -0.129. The summed E-state index contributed by atoms with van der Waals surface area (Å²) in [4.78, 5) is 12.3. The number of amides is 1. The van der Waals surface area contributed by atoms with E-state index in [1.54, 1.807) is 0 Å². The first-order valence-corrected chi connectivity index (χ1v) is 7.29. The second kappa shape index (κ2) is 6.27. The third-order valence-corrected chi connectivity index (χ3v) is 3.96. The quantitative estimate of drug-likeness (QED) is 0.867. The molecule has 0 radical (unpaired) electrons. The molecule has 1 aromatic carbocycles. The Labute approximate surface area is 120 Å². The lowest BCUT2D eigenvalue weighted by Crippen LogP contribution is -2.41. The van der Waals surface area contributed by atoms with E-state index in [-0.39, 0.29) is 17.4 Å².